The van der Waals surface area contributed by atoms with E-state index in [1.165, 1.54) is 6.20 Å². The molecule has 0 aliphatic carbocycles. The van der Waals surface area contributed by atoms with Gasteiger partial charge in [0.05, 0.1) is 18.7 Å². The van der Waals surface area contributed by atoms with Gasteiger partial charge in [0, 0.05) is 79.1 Å². The number of carboxylic acid groups (broad SMARTS) is 6. The minimum atomic E-state index is -1.07. The lowest BCUT2D eigenvalue weighted by molar-refractivity contribution is -0.139. The molecular formula is C72H86N38O12. The number of benzene rings is 2. The van der Waals surface area contributed by atoms with Crippen LogP contribution in [0.3, 0.4) is 0 Å². The van der Waals surface area contributed by atoms with Crippen LogP contribution in [0.15, 0.2) is 122 Å². The Kier molecular flexibility index (Phi) is 37.0. The maximum atomic E-state index is 10.8. The second-order valence-corrected chi connectivity index (χ2v) is 26.0. The van der Waals surface area contributed by atoms with Gasteiger partial charge in [0.1, 0.15) is 36.3 Å². The van der Waals surface area contributed by atoms with Crippen LogP contribution in [0.2, 0.25) is 0 Å². The summed E-state index contributed by atoms with van der Waals surface area (Å²) in [6.45, 7) is 11.6. The van der Waals surface area contributed by atoms with E-state index < -0.39 is 72.1 Å². The summed E-state index contributed by atoms with van der Waals surface area (Å²) in [4.78, 5) is 80.8. The number of nitrogens with zero attached hydrogens (tertiary/aromatic N) is 28. The third kappa shape index (κ3) is 34.7. The molecule has 10 aromatic heterocycles. The first-order chi connectivity index (χ1) is 58.3. The van der Waals surface area contributed by atoms with Crippen LogP contribution >= 0.6 is 0 Å². The fourth-order valence-electron chi connectivity index (χ4n) is 9.32. The molecule has 0 saturated carbocycles. The number of pyridine rings is 4. The van der Waals surface area contributed by atoms with Crippen molar-refractivity contribution in [1.82, 2.24) is 142 Å². The van der Waals surface area contributed by atoms with E-state index in [-0.39, 0.29) is 38.1 Å². The summed E-state index contributed by atoms with van der Waals surface area (Å²) in [5, 5.41) is 156. The third-order valence-corrected chi connectivity index (χ3v) is 15.7. The number of hydrogen-bond donors (Lipinski definition) is 16. The number of aryl methyl sites for hydroxylation is 6. The van der Waals surface area contributed by atoms with E-state index in [1.54, 1.807) is 109 Å². The van der Waals surface area contributed by atoms with Crippen LogP contribution in [0.5, 0.6) is 0 Å². The minimum Gasteiger partial charge on any atom is -0.480 e. The highest BCUT2D eigenvalue weighted by atomic mass is 16.4. The Labute approximate surface area is 692 Å². The van der Waals surface area contributed by atoms with Crippen LogP contribution in [0.4, 0.5) is 29.5 Å². The summed E-state index contributed by atoms with van der Waals surface area (Å²) in [5.74, 6) is -1.09. The normalized spacial score (nSPS) is 12.0. The van der Waals surface area contributed by atoms with Crippen molar-refractivity contribution in [3.8, 4) is 11.4 Å². The van der Waals surface area contributed by atoms with Crippen LogP contribution in [-0.2, 0) is 93.3 Å². The molecule has 6 atom stereocenters. The maximum absolute atomic E-state index is 10.8. The van der Waals surface area contributed by atoms with E-state index in [4.69, 9.17) is 65.0 Å². The fourth-order valence-corrected chi connectivity index (χ4v) is 9.32. The van der Waals surface area contributed by atoms with Gasteiger partial charge in [-0.3, -0.25) is 48.7 Å². The summed E-state index contributed by atoms with van der Waals surface area (Å²) in [6.07, 6.45) is 8.09. The minimum absolute atomic E-state index is 0.135. The molecule has 10 heterocycles. The maximum Gasteiger partial charge on any atom is 0.320 e. The smallest absolute Gasteiger partial charge is 0.320 e. The van der Waals surface area contributed by atoms with Gasteiger partial charge in [0.15, 0.2) is 40.8 Å². The Balaban J connectivity index is 0.000000202. The molecule has 0 radical (unpaired) electrons. The standard InChI is InChI=1S/2C13H16N6O2.C12H15N7O2.C12H14N6O2.C11H13N7O2.C11H12N6O2/c1-8-16-18-13(19-17-8)15-7-10-4-2-9(3-5-10)6-11(14)12(20)21;1-8-16-18-13(19-17-8)15-7-10-4-2-3-9(5-10)6-11(14)12(20)21;1-7-16-18-12(19-17-7)15-6-9-3-2-8(5-14-9)4-10(13)11(20)21;1-7-15-17-11(18-16-7)5-9-3-2-8(6-14-9)4-10(13)12(19)20;1-6-15-17-11(18-16-6)14-7-2-3-13-8(4-7)5-9(12)10(19)20;1-6-14-16-10(17-15-6)7-2-3-8(13-5-7)4-9(12)11(18)19/h2*2-5,11H,6-7,14H2,1H3,(H,20,21)(H,15,18,19);2-3,5,10H,4,6,13H2,1H3,(H,20,21)(H,15,18,19);2-3,6,10H,4-5,13H2,1H3,(H,19,20);2-4,9H,5,12H2,1H3,(H,19,20)(H,13,14,17,18);2-3,5,9H,4,12H2,1H3,(H,18,19)/t2*11-;2*10-;2*9-/m000000/s1. The van der Waals surface area contributed by atoms with Crippen LogP contribution in [-0.4, -0.2) is 245 Å². The van der Waals surface area contributed by atoms with E-state index in [1.807, 2.05) is 48.5 Å². The summed E-state index contributed by atoms with van der Waals surface area (Å²) in [6, 6.07) is 23.4. The molecule has 2 aromatic carbocycles. The first kappa shape index (κ1) is 93.6. The summed E-state index contributed by atoms with van der Waals surface area (Å²) < 4.78 is 0. The predicted octanol–water partition coefficient (Wildman–Crippen LogP) is -1.41. The van der Waals surface area contributed by atoms with Gasteiger partial charge in [0.2, 0.25) is 5.82 Å². The molecule has 12 rings (SSSR count). The fraction of sp³-hybridized carbons (Fsp3) is 0.306. The van der Waals surface area contributed by atoms with E-state index >= 15 is 0 Å². The van der Waals surface area contributed by atoms with E-state index in [2.05, 4.69) is 164 Å². The van der Waals surface area contributed by atoms with Crippen molar-refractivity contribution in [2.24, 2.45) is 34.4 Å². The van der Waals surface area contributed by atoms with Gasteiger partial charge < -0.3 is 86.3 Å². The van der Waals surface area contributed by atoms with Crippen molar-refractivity contribution >= 4 is 65.3 Å². The molecule has 0 amide bonds. The lowest BCUT2D eigenvalue weighted by atomic mass is 10.0. The molecule has 22 N–H and O–H groups in total. The quantitative estimate of drug-likeness (QED) is 0.0230. The van der Waals surface area contributed by atoms with Gasteiger partial charge in [-0.15, -0.1) is 122 Å². The number of aliphatic carboxylic acids is 6. The van der Waals surface area contributed by atoms with Crippen molar-refractivity contribution < 1.29 is 59.4 Å². The Morgan fingerprint density at radius 1 is 0.303 bits per heavy atom. The Bertz CT molecular complexity index is 5160. The molecule has 50 heteroatoms. The number of carbonyl (C=O) groups is 6. The van der Waals surface area contributed by atoms with Gasteiger partial charge in [-0.1, -0.05) is 60.7 Å². The first-order valence-electron chi connectivity index (χ1n) is 36.3. The van der Waals surface area contributed by atoms with Gasteiger partial charge in [-0.05, 0) is 137 Å². The summed E-state index contributed by atoms with van der Waals surface area (Å²) in [7, 11) is 0. The average Bonchev–Trinajstić information content (AvgIpc) is 0.861. The Morgan fingerprint density at radius 3 is 1.07 bits per heavy atom. The lowest BCUT2D eigenvalue weighted by Gasteiger charge is -2.09. The molecule has 0 bridgehead atoms. The number of hydrogen-bond acceptors (Lipinski definition) is 44. The highest BCUT2D eigenvalue weighted by Gasteiger charge is 2.19. The zero-order valence-electron chi connectivity index (χ0n) is 66.2. The van der Waals surface area contributed by atoms with Gasteiger partial charge in [-0.2, -0.15) is 0 Å². The topological polar surface area (TPSA) is 789 Å². The molecule has 0 saturated heterocycles. The number of nitrogens with one attached hydrogen (secondary N) is 4. The zero-order valence-corrected chi connectivity index (χ0v) is 66.2. The molecule has 0 aliphatic heterocycles. The number of nitrogens with two attached hydrogens (primary N) is 6. The molecule has 636 valence electrons. The lowest BCUT2D eigenvalue weighted by Crippen LogP contribution is -2.32. The average molecular weight is 1680 g/mol. The number of aromatic nitrogens is 28. The van der Waals surface area contributed by atoms with Gasteiger partial charge in [-0.25, -0.2) is 0 Å². The van der Waals surface area contributed by atoms with Crippen molar-refractivity contribution in [1.29, 1.82) is 0 Å². The molecule has 50 nitrogen and oxygen atoms in total. The van der Waals surface area contributed by atoms with Crippen LogP contribution < -0.4 is 55.7 Å². The second kappa shape index (κ2) is 48.2. The van der Waals surface area contributed by atoms with Crippen molar-refractivity contribution in [3.63, 3.8) is 0 Å². The molecule has 12 aromatic rings. The largest absolute Gasteiger partial charge is 0.480 e. The number of rotatable bonds is 32. The van der Waals surface area contributed by atoms with E-state index in [0.29, 0.717) is 120 Å². The predicted molar refractivity (Wildman–Crippen MR) is 427 cm³/mol. The highest BCUT2D eigenvalue weighted by Crippen LogP contribution is 2.17. The van der Waals surface area contributed by atoms with Gasteiger partial charge in [0.25, 0.3) is 23.8 Å². The monoisotopic (exact) mass is 1670 g/mol. The molecule has 122 heavy (non-hydrogen) atoms. The Morgan fingerprint density at radius 2 is 0.648 bits per heavy atom. The SMILES string of the molecule is Cc1nnc(-c2ccc(C[C@H](N)C(=O)O)nc2)nn1.Cc1nnc(Cc2ccc(C[C@H](N)C(=O)O)cn2)nn1.Cc1nnc(NCc2ccc(C[C@H](N)C(=O)O)cc2)nn1.Cc1nnc(NCc2ccc(C[C@H](N)C(=O)O)cn2)nn1.Cc1nnc(NCc2cccc(C[C@H](N)C(=O)O)c2)nn1.Cc1nnc(Nc2ccnc(C[C@H](N)C(=O)O)c2)nn1. The molecule has 0 aliphatic rings. The molecule has 0 unspecified atom stereocenters. The van der Waals surface area contributed by atoms with Gasteiger partial charge >= 0.3 is 35.8 Å². The van der Waals surface area contributed by atoms with Crippen molar-refractivity contribution in [3.05, 3.63) is 219 Å². The van der Waals surface area contributed by atoms with E-state index in [0.717, 1.165) is 44.8 Å². The molecule has 0 fully saturated rings. The van der Waals surface area contributed by atoms with Crippen LogP contribution in [0.25, 0.3) is 11.4 Å². The van der Waals surface area contributed by atoms with E-state index in [9.17, 15) is 28.8 Å². The number of carboxylic acids is 6. The summed E-state index contributed by atoms with van der Waals surface area (Å²) in [5.41, 5.74) is 42.1. The molecule has 0 spiro atoms. The second-order valence-electron chi connectivity index (χ2n) is 26.0. The summed E-state index contributed by atoms with van der Waals surface area (Å²) >= 11 is 0. The Hall–Kier alpha value is -15.5. The van der Waals surface area contributed by atoms with Crippen LogP contribution in [0, 0.1) is 41.5 Å². The highest BCUT2D eigenvalue weighted by molar-refractivity contribution is 5.76. The van der Waals surface area contributed by atoms with Crippen molar-refractivity contribution in [2.75, 3.05) is 21.3 Å². The number of anilines is 5. The molecular weight excluding hydrogens is 1590 g/mol. The zero-order chi connectivity index (χ0) is 88.6. The van der Waals surface area contributed by atoms with Crippen LogP contribution in [0.1, 0.15) is 96.9 Å². The third-order valence-electron chi connectivity index (χ3n) is 15.7. The first-order valence-corrected chi connectivity index (χ1v) is 36.3. The van der Waals surface area contributed by atoms with Crippen molar-refractivity contribution in [2.45, 2.75) is 142 Å².